The number of benzene rings is 4. The van der Waals surface area contributed by atoms with E-state index in [2.05, 4.69) is 19.9 Å². The molecule has 3 aromatic heterocycles. The van der Waals surface area contributed by atoms with Gasteiger partial charge in [0.2, 0.25) is 0 Å². The molecule has 4 aromatic carbocycles. The fourth-order valence-electron chi connectivity index (χ4n) is 9.16. The van der Waals surface area contributed by atoms with Crippen molar-refractivity contribution < 1.29 is 46.6 Å². The first-order chi connectivity index (χ1) is 36.2. The zero-order valence-electron chi connectivity index (χ0n) is 41.4. The van der Waals surface area contributed by atoms with Crippen LogP contribution in [-0.4, -0.2) is 86.4 Å². The van der Waals surface area contributed by atoms with Crippen molar-refractivity contribution in [3.05, 3.63) is 215 Å². The highest BCUT2D eigenvalue weighted by Crippen LogP contribution is 2.54. The van der Waals surface area contributed by atoms with Gasteiger partial charge in [-0.15, -0.1) is 0 Å². The Morgan fingerprint density at radius 1 is 0.680 bits per heavy atom. The number of carbonyl (C=O) groups is 1. The van der Waals surface area contributed by atoms with E-state index < -0.39 is 85.4 Å². The molecule has 75 heavy (non-hydrogen) atoms. The highest BCUT2D eigenvalue weighted by Gasteiger charge is 2.48. The summed E-state index contributed by atoms with van der Waals surface area (Å²) in [5.74, 6) is 0.324. The van der Waals surface area contributed by atoms with E-state index in [1.807, 2.05) is 115 Å². The Bertz CT molecular complexity index is 3330. The van der Waals surface area contributed by atoms with Crippen LogP contribution in [0.15, 0.2) is 159 Å². The van der Waals surface area contributed by atoms with Gasteiger partial charge in [-0.2, -0.15) is 0 Å². The molecule has 2 N–H and O–H groups in total. The summed E-state index contributed by atoms with van der Waals surface area (Å²) >= 11 is 0. The second kappa shape index (κ2) is 23.0. The number of phosphoric acid groups is 1. The van der Waals surface area contributed by atoms with Crippen LogP contribution in [0, 0.1) is 13.8 Å². The number of ether oxygens (including phenoxy) is 5. The van der Waals surface area contributed by atoms with Crippen molar-refractivity contribution in [3.8, 4) is 16.9 Å². The molecule has 7 aromatic rings. The van der Waals surface area contributed by atoms with Crippen LogP contribution in [0.4, 0.5) is 0 Å². The molecule has 0 bridgehead atoms. The molecule has 5 heterocycles. The summed E-state index contributed by atoms with van der Waals surface area (Å²) in [6.07, 6.45) is -0.661. The van der Waals surface area contributed by atoms with Crippen molar-refractivity contribution in [2.75, 3.05) is 26.9 Å². The fourth-order valence-corrected chi connectivity index (χ4v) is 10.6. The van der Waals surface area contributed by atoms with Crippen molar-refractivity contribution in [1.29, 1.82) is 0 Å². The third-order valence-electron chi connectivity index (χ3n) is 13.0. The van der Waals surface area contributed by atoms with E-state index in [0.717, 1.165) is 27.8 Å². The quantitative estimate of drug-likeness (QED) is 0.0473. The number of hydrogen-bond acceptors (Lipinski definition) is 16. The molecular formula is C54H55N6O14P. The number of nitrogens with zero attached hydrogens (tertiary/aromatic N) is 4. The molecule has 0 spiro atoms. The third kappa shape index (κ3) is 11.9. The van der Waals surface area contributed by atoms with Crippen LogP contribution in [-0.2, 0) is 53.9 Å². The summed E-state index contributed by atoms with van der Waals surface area (Å²) in [5.41, 5.74) is 0.440. The smallest absolute Gasteiger partial charge is 0.475 e. The second-order valence-corrected chi connectivity index (χ2v) is 19.6. The van der Waals surface area contributed by atoms with Gasteiger partial charge in [0, 0.05) is 67.7 Å². The minimum Gasteiger partial charge on any atom is -0.497 e. The van der Waals surface area contributed by atoms with E-state index in [0.29, 0.717) is 11.6 Å². The van der Waals surface area contributed by atoms with Crippen LogP contribution < -0.4 is 27.2 Å². The lowest BCUT2D eigenvalue weighted by Gasteiger charge is -2.37. The molecule has 0 aliphatic carbocycles. The highest BCUT2D eigenvalue weighted by molar-refractivity contribution is 7.48. The predicted octanol–water partition coefficient (Wildman–Crippen LogP) is 6.45. The Kier molecular flexibility index (Phi) is 16.1. The summed E-state index contributed by atoms with van der Waals surface area (Å²) in [5, 5.41) is 0. The number of rotatable bonds is 20. The highest BCUT2D eigenvalue weighted by atomic mass is 31.2. The molecule has 0 radical (unpaired) electrons. The lowest BCUT2D eigenvalue weighted by Crippen LogP contribution is -2.38. The Balaban J connectivity index is 1.06. The minimum atomic E-state index is -4.81. The van der Waals surface area contributed by atoms with E-state index >= 15 is 4.57 Å². The number of methoxy groups -OCH3 is 1. The average Bonchev–Trinajstić information content (AvgIpc) is 4.01. The number of nitrogens with one attached hydrogen (secondary N) is 2. The third-order valence-corrected chi connectivity index (χ3v) is 14.5. The van der Waals surface area contributed by atoms with Crippen molar-refractivity contribution in [2.45, 2.75) is 82.5 Å². The van der Waals surface area contributed by atoms with Crippen molar-refractivity contribution in [1.82, 2.24) is 29.1 Å². The van der Waals surface area contributed by atoms with E-state index in [-0.39, 0.29) is 43.6 Å². The number of hydrogen-bond donors (Lipinski definition) is 2. The van der Waals surface area contributed by atoms with Gasteiger partial charge in [-0.05, 0) is 48.2 Å². The SMILES string of the molecule is COc1ccc(C(OC[C@H]2O[C@@H](n3cc(C)c(=O)[nH]c3=O)C[C@@H]2OP(=O)(OCCc2ncc(-c3ccccc3)cn2)OC[C@H]2O[C@@H](n3cc(C)c(=O)[nH]c3=O)C[C@@H]2OC(C)=O)(c2ccccc2)c2ccccc2)cc1. The van der Waals surface area contributed by atoms with Gasteiger partial charge in [0.05, 0.1) is 26.9 Å². The van der Waals surface area contributed by atoms with Crippen molar-refractivity contribution in [2.24, 2.45) is 0 Å². The number of H-pyrrole nitrogens is 2. The molecule has 0 amide bonds. The molecule has 7 atom stereocenters. The number of aryl methyl sites for hydroxylation is 2. The van der Waals surface area contributed by atoms with Crippen LogP contribution in [0.5, 0.6) is 5.75 Å². The molecule has 1 unspecified atom stereocenters. The molecule has 0 saturated carbocycles. The van der Waals surface area contributed by atoms with Gasteiger partial charge in [0.25, 0.3) is 11.1 Å². The lowest BCUT2D eigenvalue weighted by atomic mass is 9.80. The largest absolute Gasteiger partial charge is 0.497 e. The summed E-state index contributed by atoms with van der Waals surface area (Å²) in [4.78, 5) is 77.3. The van der Waals surface area contributed by atoms with Gasteiger partial charge in [-0.3, -0.25) is 47.1 Å². The number of aromatic amines is 2. The predicted molar refractivity (Wildman–Crippen MR) is 272 cm³/mol. The molecule has 21 heteroatoms. The molecule has 20 nitrogen and oxygen atoms in total. The van der Waals surface area contributed by atoms with E-state index in [1.165, 1.54) is 35.4 Å². The maximum Gasteiger partial charge on any atom is 0.475 e. The Morgan fingerprint density at radius 3 is 1.72 bits per heavy atom. The maximum atomic E-state index is 15.5. The zero-order chi connectivity index (χ0) is 52.7. The summed E-state index contributed by atoms with van der Waals surface area (Å²) in [6, 6.07) is 36.2. The summed E-state index contributed by atoms with van der Waals surface area (Å²) in [6.45, 7) is 3.20. The molecule has 9 rings (SSSR count). The number of carbonyl (C=O) groups excluding carboxylic acids is 1. The van der Waals surface area contributed by atoms with E-state index in [1.54, 1.807) is 26.4 Å². The first-order valence-corrected chi connectivity index (χ1v) is 25.6. The monoisotopic (exact) mass is 1040 g/mol. The summed E-state index contributed by atoms with van der Waals surface area (Å²) in [7, 11) is -3.23. The first kappa shape index (κ1) is 52.4. The average molecular weight is 1040 g/mol. The van der Waals surface area contributed by atoms with Gasteiger partial charge in [-0.1, -0.05) is 103 Å². The number of esters is 1. The van der Waals surface area contributed by atoms with E-state index in [9.17, 15) is 24.0 Å². The van der Waals surface area contributed by atoms with Crippen LogP contribution in [0.1, 0.15) is 65.9 Å². The van der Waals surface area contributed by atoms with Crippen LogP contribution in [0.2, 0.25) is 0 Å². The van der Waals surface area contributed by atoms with Crippen LogP contribution in [0.25, 0.3) is 11.1 Å². The van der Waals surface area contributed by atoms with Gasteiger partial charge in [0.1, 0.15) is 54.0 Å². The molecule has 2 fully saturated rings. The Morgan fingerprint density at radius 2 is 1.19 bits per heavy atom. The van der Waals surface area contributed by atoms with Gasteiger partial charge in [-0.25, -0.2) is 24.1 Å². The second-order valence-electron chi connectivity index (χ2n) is 18.0. The fraction of sp³-hybridized carbons (Fsp3) is 0.315. The van der Waals surface area contributed by atoms with Gasteiger partial charge >= 0.3 is 25.2 Å². The number of phosphoric ester groups is 1. The zero-order valence-corrected chi connectivity index (χ0v) is 42.3. The first-order valence-electron chi connectivity index (χ1n) is 24.2. The van der Waals surface area contributed by atoms with Crippen molar-refractivity contribution in [3.63, 3.8) is 0 Å². The van der Waals surface area contributed by atoms with Crippen LogP contribution >= 0.6 is 7.82 Å². The molecule has 2 saturated heterocycles. The standard InChI is InChI=1S/C54H55N6O14P/c1-34-30-59(52(64)57-50(34)62)48-26-43(71-36(3)61)46(73-48)33-70-75(66,69-25-24-47-55-28-38(29-56-47)37-14-8-5-9-15-37)74-44-27-49(60-31-35(2)51(63)58-53(60)65)72-45(44)32-68-54(39-16-10-6-11-17-39,40-18-12-7-13-19-40)41-20-22-42(67-4)23-21-41/h5-23,28-31,43-46,48-49H,24-27,32-33H2,1-4H3,(H,57,62,64)(H,58,63,65)/t43-,44-,45+,46+,48+,49+,75?/m0/s1. The molecule has 2 aliphatic heterocycles. The normalized spacial score (nSPS) is 20.4. The maximum absolute atomic E-state index is 15.5. The Hall–Kier alpha value is -7.42. The summed E-state index contributed by atoms with van der Waals surface area (Å²) < 4.78 is 67.9. The Labute approximate surface area is 429 Å². The van der Waals surface area contributed by atoms with E-state index in [4.69, 9.17) is 37.3 Å². The lowest BCUT2D eigenvalue weighted by molar-refractivity contribution is -0.150. The minimum absolute atomic E-state index is 0.0367. The molecule has 390 valence electrons. The van der Waals surface area contributed by atoms with Crippen LogP contribution in [0.3, 0.4) is 0 Å². The van der Waals surface area contributed by atoms with Gasteiger partial charge in [0.15, 0.2) is 0 Å². The molecular weight excluding hydrogens is 988 g/mol. The molecule has 2 aliphatic rings. The van der Waals surface area contributed by atoms with Crippen molar-refractivity contribution >= 4 is 13.8 Å². The number of aromatic nitrogens is 6. The topological polar surface area (TPSA) is 243 Å². The van der Waals surface area contributed by atoms with Gasteiger partial charge < -0.3 is 23.7 Å².